The molecule has 2 aliphatic carbocycles. The van der Waals surface area contributed by atoms with Crippen molar-refractivity contribution in [1.29, 1.82) is 0 Å². The third-order valence-electron chi connectivity index (χ3n) is 4.22. The van der Waals surface area contributed by atoms with Gasteiger partial charge in [-0.3, -0.25) is 4.79 Å². The topological polar surface area (TPSA) is 46.5 Å². The Hall–Kier alpha value is -0.670. The van der Waals surface area contributed by atoms with Gasteiger partial charge in [-0.1, -0.05) is 0 Å². The number of carbonyl (C=O) groups is 1. The van der Waals surface area contributed by atoms with Crippen LogP contribution in [0.2, 0.25) is 0 Å². The lowest BCUT2D eigenvalue weighted by Gasteiger charge is -2.44. The summed E-state index contributed by atoms with van der Waals surface area (Å²) in [6.07, 6.45) is 3.17. The lowest BCUT2D eigenvalue weighted by atomic mass is 9.71. The first kappa shape index (κ1) is 10.8. The first-order valence-electron chi connectivity index (χ1n) is 5.50. The van der Waals surface area contributed by atoms with Crippen molar-refractivity contribution in [2.75, 3.05) is 7.11 Å². The molecule has 84 valence electrons. The van der Waals surface area contributed by atoms with E-state index in [1.807, 2.05) is 6.92 Å². The van der Waals surface area contributed by atoms with Crippen molar-refractivity contribution >= 4 is 5.78 Å². The van der Waals surface area contributed by atoms with Crippen molar-refractivity contribution in [3.63, 3.8) is 0 Å². The van der Waals surface area contributed by atoms with Crippen LogP contribution in [0.15, 0.2) is 11.1 Å². The summed E-state index contributed by atoms with van der Waals surface area (Å²) < 4.78 is 5.42. The van der Waals surface area contributed by atoms with Crippen molar-refractivity contribution in [3.8, 4) is 0 Å². The Balaban J connectivity index is 2.56. The molecule has 0 saturated heterocycles. The largest absolute Gasteiger partial charge is 0.382 e. The molecule has 0 radical (unpaired) electrons. The number of hydrogen-bond donors (Lipinski definition) is 1. The fourth-order valence-electron chi connectivity index (χ4n) is 3.10. The van der Waals surface area contributed by atoms with Gasteiger partial charge in [-0.25, -0.2) is 0 Å². The van der Waals surface area contributed by atoms with E-state index in [1.165, 1.54) is 7.11 Å². The zero-order valence-electron chi connectivity index (χ0n) is 9.59. The molecular weight excluding hydrogens is 192 g/mol. The molecule has 0 aromatic carbocycles. The zero-order valence-corrected chi connectivity index (χ0v) is 9.59. The van der Waals surface area contributed by atoms with E-state index < -0.39 is 11.2 Å². The third-order valence-corrected chi connectivity index (χ3v) is 4.22. The fraction of sp³-hybridized carbons (Fsp3) is 0.750. The van der Waals surface area contributed by atoms with Crippen LogP contribution < -0.4 is 0 Å². The van der Waals surface area contributed by atoms with Gasteiger partial charge in [0.15, 0.2) is 11.4 Å². The van der Waals surface area contributed by atoms with Gasteiger partial charge in [0.05, 0.1) is 0 Å². The highest BCUT2D eigenvalue weighted by Crippen LogP contribution is 2.51. The van der Waals surface area contributed by atoms with Crippen LogP contribution in [0, 0.1) is 0 Å². The second-order valence-electron chi connectivity index (χ2n) is 4.68. The van der Waals surface area contributed by atoms with Gasteiger partial charge in [0, 0.05) is 7.11 Å². The smallest absolute Gasteiger partial charge is 0.193 e. The Labute approximate surface area is 90.1 Å². The standard InChI is InChI=1S/C12H18O3/c1-8-9(2)11(14)6-4-5-7-12(11,15-3)10(8)13/h14H,4-7H2,1-3H3/t11-,12-/m1/s1. The molecule has 0 unspecified atom stereocenters. The molecule has 0 spiro atoms. The number of aliphatic hydroxyl groups is 1. The predicted octanol–water partition coefficient (Wildman–Crippen LogP) is 1.60. The summed E-state index contributed by atoms with van der Waals surface area (Å²) in [5.41, 5.74) is -0.559. The Bertz CT molecular complexity index is 345. The quantitative estimate of drug-likeness (QED) is 0.715. The first-order valence-corrected chi connectivity index (χ1v) is 5.50. The molecular formula is C12H18O3. The molecule has 0 heterocycles. The van der Waals surface area contributed by atoms with Gasteiger partial charge >= 0.3 is 0 Å². The minimum Gasteiger partial charge on any atom is -0.382 e. The van der Waals surface area contributed by atoms with Crippen LogP contribution in [0.5, 0.6) is 0 Å². The Morgan fingerprint density at radius 3 is 2.40 bits per heavy atom. The number of Topliss-reactive ketones (excluding diaryl/α,β-unsaturated/α-hetero) is 1. The number of carbonyl (C=O) groups excluding carboxylic acids is 1. The summed E-state index contributed by atoms with van der Waals surface area (Å²) >= 11 is 0. The van der Waals surface area contributed by atoms with Crippen LogP contribution in [0.25, 0.3) is 0 Å². The minimum atomic E-state index is -1.05. The summed E-state index contributed by atoms with van der Waals surface area (Å²) in [7, 11) is 1.53. The van der Waals surface area contributed by atoms with Gasteiger partial charge < -0.3 is 9.84 Å². The lowest BCUT2D eigenvalue weighted by Crippen LogP contribution is -2.59. The molecule has 0 aromatic heterocycles. The molecule has 1 saturated carbocycles. The number of ether oxygens (including phenoxy) is 1. The molecule has 2 aliphatic rings. The van der Waals surface area contributed by atoms with Crippen molar-refractivity contribution < 1.29 is 14.6 Å². The summed E-state index contributed by atoms with van der Waals surface area (Å²) in [4.78, 5) is 12.2. The zero-order chi connectivity index (χ0) is 11.3. The van der Waals surface area contributed by atoms with Crippen molar-refractivity contribution in [3.05, 3.63) is 11.1 Å². The number of methoxy groups -OCH3 is 1. The van der Waals surface area contributed by atoms with Crippen LogP contribution in [0.3, 0.4) is 0 Å². The third kappa shape index (κ3) is 1.05. The Morgan fingerprint density at radius 2 is 1.87 bits per heavy atom. The van der Waals surface area contributed by atoms with E-state index in [4.69, 9.17) is 4.74 Å². The van der Waals surface area contributed by atoms with E-state index in [9.17, 15) is 9.90 Å². The van der Waals surface area contributed by atoms with Crippen molar-refractivity contribution in [1.82, 2.24) is 0 Å². The highest BCUT2D eigenvalue weighted by atomic mass is 16.5. The molecule has 1 N–H and O–H groups in total. The van der Waals surface area contributed by atoms with Crippen LogP contribution in [-0.2, 0) is 9.53 Å². The molecule has 3 nitrogen and oxygen atoms in total. The normalized spacial score (nSPS) is 40.9. The van der Waals surface area contributed by atoms with E-state index in [1.54, 1.807) is 6.92 Å². The summed E-state index contributed by atoms with van der Waals surface area (Å²) in [6.45, 7) is 3.63. The molecule has 2 rings (SSSR count). The van der Waals surface area contributed by atoms with Crippen LogP contribution in [0.4, 0.5) is 0 Å². The van der Waals surface area contributed by atoms with E-state index in [0.717, 1.165) is 18.4 Å². The van der Waals surface area contributed by atoms with E-state index in [2.05, 4.69) is 0 Å². The molecule has 0 bridgehead atoms. The maximum Gasteiger partial charge on any atom is 0.193 e. The number of ketones is 1. The highest BCUT2D eigenvalue weighted by Gasteiger charge is 2.63. The molecule has 0 aliphatic heterocycles. The van der Waals surface area contributed by atoms with Gasteiger partial charge in [-0.15, -0.1) is 0 Å². The Kier molecular flexibility index (Phi) is 2.28. The summed E-state index contributed by atoms with van der Waals surface area (Å²) in [6, 6.07) is 0. The summed E-state index contributed by atoms with van der Waals surface area (Å²) in [5, 5.41) is 10.7. The number of fused-ring (bicyclic) bond motifs is 1. The minimum absolute atomic E-state index is 0.0234. The monoisotopic (exact) mass is 210 g/mol. The van der Waals surface area contributed by atoms with Crippen LogP contribution in [-0.4, -0.2) is 29.2 Å². The highest BCUT2D eigenvalue weighted by molar-refractivity contribution is 6.07. The number of hydrogen-bond acceptors (Lipinski definition) is 3. The maximum atomic E-state index is 12.2. The maximum absolute atomic E-state index is 12.2. The molecule has 2 atom stereocenters. The van der Waals surface area contributed by atoms with Gasteiger partial charge in [0.25, 0.3) is 0 Å². The molecule has 0 amide bonds. The van der Waals surface area contributed by atoms with Gasteiger partial charge in [-0.05, 0) is 50.7 Å². The van der Waals surface area contributed by atoms with Gasteiger partial charge in [0.1, 0.15) is 5.60 Å². The molecule has 15 heavy (non-hydrogen) atoms. The average molecular weight is 210 g/mol. The first-order chi connectivity index (χ1) is 6.99. The average Bonchev–Trinajstić information content (AvgIpc) is 2.40. The van der Waals surface area contributed by atoms with Crippen LogP contribution in [0.1, 0.15) is 39.5 Å². The fourth-order valence-corrected chi connectivity index (χ4v) is 3.10. The SMILES string of the molecule is CO[C@@]12CCCC[C@@]1(O)C(C)=C(C)C2=O. The van der Waals surface area contributed by atoms with E-state index >= 15 is 0 Å². The van der Waals surface area contributed by atoms with Crippen LogP contribution >= 0.6 is 0 Å². The van der Waals surface area contributed by atoms with Crippen molar-refractivity contribution in [2.24, 2.45) is 0 Å². The van der Waals surface area contributed by atoms with Crippen molar-refractivity contribution in [2.45, 2.75) is 50.7 Å². The van der Waals surface area contributed by atoms with E-state index in [0.29, 0.717) is 18.4 Å². The molecule has 1 fully saturated rings. The predicted molar refractivity (Wildman–Crippen MR) is 56.5 cm³/mol. The second-order valence-corrected chi connectivity index (χ2v) is 4.68. The van der Waals surface area contributed by atoms with E-state index in [-0.39, 0.29) is 5.78 Å². The van der Waals surface area contributed by atoms with Gasteiger partial charge in [-0.2, -0.15) is 0 Å². The molecule has 0 aromatic rings. The second kappa shape index (κ2) is 3.16. The summed E-state index contributed by atoms with van der Waals surface area (Å²) in [5.74, 6) is -0.0234. The number of rotatable bonds is 1. The molecule has 3 heteroatoms. The Morgan fingerprint density at radius 1 is 1.27 bits per heavy atom. The lowest BCUT2D eigenvalue weighted by molar-refractivity contribution is -0.175. The van der Waals surface area contributed by atoms with Gasteiger partial charge in [0.2, 0.25) is 0 Å².